The summed E-state index contributed by atoms with van der Waals surface area (Å²) in [6, 6.07) is -2.16. The molecule has 2 unspecified atom stereocenters. The summed E-state index contributed by atoms with van der Waals surface area (Å²) in [6.45, 7) is 6.07. The third kappa shape index (κ3) is 12.4. The quantitative estimate of drug-likeness (QED) is 0.195. The Labute approximate surface area is 232 Å². The molecule has 2 fully saturated rings. The van der Waals surface area contributed by atoms with Crippen molar-refractivity contribution in [2.75, 3.05) is 32.7 Å². The Kier molecular flexibility index (Phi) is 14.9. The van der Waals surface area contributed by atoms with Crippen LogP contribution in [0.2, 0.25) is 0 Å². The lowest BCUT2D eigenvalue weighted by Gasteiger charge is -2.28. The Morgan fingerprint density at radius 2 is 1.59 bits per heavy atom. The Hall–Kier alpha value is -2.69. The van der Waals surface area contributed by atoms with Crippen LogP contribution in [0.3, 0.4) is 0 Å². The molecule has 1 saturated heterocycles. The summed E-state index contributed by atoms with van der Waals surface area (Å²) in [6.07, 6.45) is 9.47. The molecule has 1 aliphatic heterocycles. The molecule has 39 heavy (non-hydrogen) atoms. The summed E-state index contributed by atoms with van der Waals surface area (Å²) in [4.78, 5) is 64.3. The van der Waals surface area contributed by atoms with E-state index >= 15 is 0 Å². The highest BCUT2D eigenvalue weighted by Crippen LogP contribution is 2.27. The molecule has 2 aliphatic rings. The average molecular weight is 552 g/mol. The van der Waals surface area contributed by atoms with Crippen LogP contribution in [-0.2, 0) is 24.0 Å². The lowest BCUT2D eigenvalue weighted by molar-refractivity contribution is -0.142. The molecule has 2 rings (SSSR count). The molecule has 0 aromatic heterocycles. The summed E-state index contributed by atoms with van der Waals surface area (Å²) in [5.74, 6) is -2.10. The van der Waals surface area contributed by atoms with Gasteiger partial charge < -0.3 is 31.3 Å². The van der Waals surface area contributed by atoms with Gasteiger partial charge in [0.2, 0.25) is 23.6 Å². The predicted molar refractivity (Wildman–Crippen MR) is 148 cm³/mol. The summed E-state index contributed by atoms with van der Waals surface area (Å²) in [7, 11) is 0. The van der Waals surface area contributed by atoms with Crippen molar-refractivity contribution in [3.05, 3.63) is 0 Å². The van der Waals surface area contributed by atoms with Gasteiger partial charge in [-0.3, -0.25) is 24.0 Å². The van der Waals surface area contributed by atoms with Crippen molar-refractivity contribution in [1.29, 1.82) is 0 Å². The van der Waals surface area contributed by atoms with E-state index in [1.807, 2.05) is 0 Å². The second-order valence-electron chi connectivity index (χ2n) is 10.9. The van der Waals surface area contributed by atoms with Crippen LogP contribution in [0.15, 0.2) is 0 Å². The summed E-state index contributed by atoms with van der Waals surface area (Å²) >= 11 is 0. The van der Waals surface area contributed by atoms with Crippen LogP contribution in [0.4, 0.5) is 0 Å². The number of rotatable bonds is 16. The topological polar surface area (TPSA) is 157 Å². The van der Waals surface area contributed by atoms with Gasteiger partial charge in [-0.25, -0.2) is 0 Å². The highest BCUT2D eigenvalue weighted by atomic mass is 16.4. The predicted octanol–water partition coefficient (Wildman–Crippen LogP) is 1.56. The van der Waals surface area contributed by atoms with Gasteiger partial charge >= 0.3 is 5.97 Å². The number of carbonyl (C=O) groups is 5. The SMILES string of the molecule is CCNC(=O)C(CC1CCCCC1)NC(=O)C(CC(=O)O)NC(=O)CN(CC)C(=O)CCCC1CCNCC1. The van der Waals surface area contributed by atoms with Crippen LogP contribution in [-0.4, -0.2) is 84.4 Å². The summed E-state index contributed by atoms with van der Waals surface area (Å²) in [5.41, 5.74) is 0. The monoisotopic (exact) mass is 551 g/mol. The number of nitrogens with zero attached hydrogens (tertiary/aromatic N) is 1. The number of hydrogen-bond donors (Lipinski definition) is 5. The molecule has 1 saturated carbocycles. The Morgan fingerprint density at radius 3 is 2.21 bits per heavy atom. The molecular weight excluding hydrogens is 502 g/mol. The minimum absolute atomic E-state index is 0.135. The van der Waals surface area contributed by atoms with Gasteiger partial charge in [0.15, 0.2) is 0 Å². The maximum atomic E-state index is 13.1. The zero-order valence-electron chi connectivity index (χ0n) is 23.8. The first-order valence-corrected chi connectivity index (χ1v) is 14.8. The summed E-state index contributed by atoms with van der Waals surface area (Å²) < 4.78 is 0. The highest BCUT2D eigenvalue weighted by Gasteiger charge is 2.31. The van der Waals surface area contributed by atoms with E-state index < -0.39 is 36.3 Å². The number of carboxylic acids is 1. The van der Waals surface area contributed by atoms with E-state index in [9.17, 15) is 29.1 Å². The summed E-state index contributed by atoms with van der Waals surface area (Å²) in [5, 5.41) is 20.6. The van der Waals surface area contributed by atoms with E-state index in [0.717, 1.165) is 70.9 Å². The second-order valence-corrected chi connectivity index (χ2v) is 10.9. The largest absolute Gasteiger partial charge is 0.481 e. The lowest BCUT2D eigenvalue weighted by atomic mass is 9.84. The highest BCUT2D eigenvalue weighted by molar-refractivity contribution is 5.94. The molecule has 4 amide bonds. The van der Waals surface area contributed by atoms with Crippen molar-refractivity contribution >= 4 is 29.6 Å². The minimum Gasteiger partial charge on any atom is -0.481 e. The number of amides is 4. The van der Waals surface area contributed by atoms with Gasteiger partial charge in [-0.1, -0.05) is 32.1 Å². The Morgan fingerprint density at radius 1 is 0.897 bits per heavy atom. The second kappa shape index (κ2) is 17.8. The van der Waals surface area contributed by atoms with Gasteiger partial charge in [0.05, 0.1) is 13.0 Å². The fourth-order valence-corrected chi connectivity index (χ4v) is 5.60. The normalized spacial score (nSPS) is 18.0. The first-order chi connectivity index (χ1) is 18.7. The van der Waals surface area contributed by atoms with Crippen LogP contribution in [0.1, 0.15) is 90.9 Å². The van der Waals surface area contributed by atoms with Crippen LogP contribution in [0, 0.1) is 11.8 Å². The van der Waals surface area contributed by atoms with Crippen molar-refractivity contribution in [2.45, 2.75) is 103 Å². The lowest BCUT2D eigenvalue weighted by Crippen LogP contribution is -2.55. The van der Waals surface area contributed by atoms with Gasteiger partial charge in [0, 0.05) is 19.5 Å². The Bertz CT molecular complexity index is 810. The number of likely N-dealkylation sites (N-methyl/N-ethyl adjacent to an activating group) is 2. The fourth-order valence-electron chi connectivity index (χ4n) is 5.60. The van der Waals surface area contributed by atoms with Gasteiger partial charge in [-0.15, -0.1) is 0 Å². The van der Waals surface area contributed by atoms with Crippen molar-refractivity contribution in [1.82, 2.24) is 26.2 Å². The molecule has 0 spiro atoms. The molecule has 1 heterocycles. The zero-order valence-corrected chi connectivity index (χ0v) is 23.8. The van der Waals surface area contributed by atoms with Crippen LogP contribution < -0.4 is 21.3 Å². The van der Waals surface area contributed by atoms with Crippen LogP contribution in [0.25, 0.3) is 0 Å². The fraction of sp³-hybridized carbons (Fsp3) is 0.821. The molecule has 222 valence electrons. The van der Waals surface area contributed by atoms with Crippen molar-refractivity contribution in [3.63, 3.8) is 0 Å². The third-order valence-corrected chi connectivity index (χ3v) is 7.84. The molecule has 0 aromatic carbocycles. The van der Waals surface area contributed by atoms with Gasteiger partial charge in [0.1, 0.15) is 12.1 Å². The maximum Gasteiger partial charge on any atom is 0.305 e. The van der Waals surface area contributed by atoms with Crippen molar-refractivity contribution in [3.8, 4) is 0 Å². The molecule has 0 bridgehead atoms. The number of carboxylic acid groups (broad SMARTS) is 1. The van der Waals surface area contributed by atoms with Crippen LogP contribution in [0.5, 0.6) is 0 Å². The number of carbonyl (C=O) groups excluding carboxylic acids is 4. The Balaban J connectivity index is 1.93. The van der Waals surface area contributed by atoms with E-state index in [0.29, 0.717) is 37.8 Å². The van der Waals surface area contributed by atoms with Crippen molar-refractivity contribution in [2.24, 2.45) is 11.8 Å². The van der Waals surface area contributed by atoms with Gasteiger partial charge in [-0.05, 0) is 70.9 Å². The smallest absolute Gasteiger partial charge is 0.305 e. The van der Waals surface area contributed by atoms with E-state index in [1.54, 1.807) is 13.8 Å². The standard InChI is InChI=1S/C28H49N5O6/c1-3-30-27(38)22(17-21-9-6-5-7-10-21)32-28(39)23(18-26(36)37)31-24(34)19-33(4-2)25(35)12-8-11-20-13-15-29-16-14-20/h20-23,29H,3-19H2,1-2H3,(H,30,38)(H,31,34)(H,32,39)(H,36,37). The molecule has 11 heteroatoms. The number of piperidine rings is 1. The molecule has 11 nitrogen and oxygen atoms in total. The maximum absolute atomic E-state index is 13.1. The van der Waals surface area contributed by atoms with E-state index in [2.05, 4.69) is 21.3 Å². The van der Waals surface area contributed by atoms with E-state index in [-0.39, 0.29) is 18.4 Å². The van der Waals surface area contributed by atoms with Gasteiger partial charge in [0.25, 0.3) is 0 Å². The minimum atomic E-state index is -1.35. The molecule has 0 radical (unpaired) electrons. The molecule has 1 aliphatic carbocycles. The molecule has 0 aromatic rings. The number of aliphatic carboxylic acids is 1. The first kappa shape index (κ1) is 32.5. The molecule has 2 atom stereocenters. The van der Waals surface area contributed by atoms with Crippen LogP contribution >= 0.6 is 0 Å². The van der Waals surface area contributed by atoms with E-state index in [1.165, 1.54) is 4.90 Å². The van der Waals surface area contributed by atoms with Crippen molar-refractivity contribution < 1.29 is 29.1 Å². The zero-order chi connectivity index (χ0) is 28.6. The average Bonchev–Trinajstić information content (AvgIpc) is 2.92. The number of nitrogens with one attached hydrogen (secondary N) is 4. The molecule has 5 N–H and O–H groups in total. The third-order valence-electron chi connectivity index (χ3n) is 7.84. The first-order valence-electron chi connectivity index (χ1n) is 14.8. The number of hydrogen-bond acceptors (Lipinski definition) is 6. The van der Waals surface area contributed by atoms with Gasteiger partial charge in [-0.2, -0.15) is 0 Å². The van der Waals surface area contributed by atoms with E-state index in [4.69, 9.17) is 0 Å². The molecular formula is C28H49N5O6.